The summed E-state index contributed by atoms with van der Waals surface area (Å²) in [6, 6.07) is 7.34. The van der Waals surface area contributed by atoms with Gasteiger partial charge in [0.15, 0.2) is 0 Å². The van der Waals surface area contributed by atoms with Crippen LogP contribution < -0.4 is 11.1 Å². The maximum atomic E-state index is 11.8. The lowest BCUT2D eigenvalue weighted by Crippen LogP contribution is -2.24. The molecule has 0 aliphatic carbocycles. The van der Waals surface area contributed by atoms with Crippen LogP contribution in [0.4, 0.5) is 5.69 Å². The fourth-order valence-corrected chi connectivity index (χ4v) is 1.84. The van der Waals surface area contributed by atoms with E-state index >= 15 is 0 Å². The summed E-state index contributed by atoms with van der Waals surface area (Å²) in [6.45, 7) is 0.711. The van der Waals surface area contributed by atoms with E-state index in [9.17, 15) is 4.79 Å². The zero-order chi connectivity index (χ0) is 13.0. The number of aromatic nitrogens is 1. The summed E-state index contributed by atoms with van der Waals surface area (Å²) >= 11 is 0. The molecule has 0 saturated carbocycles. The largest absolute Gasteiger partial charge is 0.397 e. The molecule has 96 valence electrons. The number of fused-ring (bicyclic) bond motifs is 1. The highest BCUT2D eigenvalue weighted by Crippen LogP contribution is 2.20. The molecule has 2 aromatic rings. The van der Waals surface area contributed by atoms with Gasteiger partial charge in [0.05, 0.1) is 11.2 Å². The van der Waals surface area contributed by atoms with Gasteiger partial charge in [-0.25, -0.2) is 0 Å². The van der Waals surface area contributed by atoms with Crippen LogP contribution in [-0.4, -0.2) is 29.1 Å². The average Bonchev–Trinajstić information content (AvgIpc) is 2.80. The van der Waals surface area contributed by atoms with E-state index in [2.05, 4.69) is 10.3 Å². The summed E-state index contributed by atoms with van der Waals surface area (Å²) in [5, 5.41) is 12.4. The predicted molar refractivity (Wildman–Crippen MR) is 71.4 cm³/mol. The molecule has 5 heteroatoms. The van der Waals surface area contributed by atoms with Gasteiger partial charge in [0, 0.05) is 18.5 Å². The molecule has 18 heavy (non-hydrogen) atoms. The van der Waals surface area contributed by atoms with Crippen molar-refractivity contribution in [2.24, 2.45) is 0 Å². The second-order valence-corrected chi connectivity index (χ2v) is 4.18. The Morgan fingerprint density at radius 2 is 2.22 bits per heavy atom. The highest BCUT2D eigenvalue weighted by atomic mass is 16.2. The molecule has 0 bridgehead atoms. The second-order valence-electron chi connectivity index (χ2n) is 4.18. The van der Waals surface area contributed by atoms with Crippen LogP contribution in [-0.2, 0) is 0 Å². The average molecular weight is 247 g/mol. The number of hydrogen-bond donors (Lipinski definition) is 4. The van der Waals surface area contributed by atoms with Gasteiger partial charge in [-0.1, -0.05) is 12.1 Å². The van der Waals surface area contributed by atoms with E-state index in [0.29, 0.717) is 24.3 Å². The number of hydrogen-bond acceptors (Lipinski definition) is 3. The number of H-pyrrole nitrogens is 1. The van der Waals surface area contributed by atoms with Crippen molar-refractivity contribution in [3.63, 3.8) is 0 Å². The lowest BCUT2D eigenvalue weighted by atomic mass is 10.2. The van der Waals surface area contributed by atoms with Crippen LogP contribution in [0.5, 0.6) is 0 Å². The number of unbranched alkanes of at least 4 members (excludes halogenated alkanes) is 1. The number of anilines is 1. The van der Waals surface area contributed by atoms with Crippen LogP contribution in [0.3, 0.4) is 0 Å². The minimum Gasteiger partial charge on any atom is -0.397 e. The summed E-state index contributed by atoms with van der Waals surface area (Å²) < 4.78 is 0. The molecule has 1 aromatic carbocycles. The smallest absolute Gasteiger partial charge is 0.267 e. The van der Waals surface area contributed by atoms with E-state index in [1.807, 2.05) is 12.1 Å². The lowest BCUT2D eigenvalue weighted by molar-refractivity contribution is 0.0948. The van der Waals surface area contributed by atoms with E-state index in [4.69, 9.17) is 10.8 Å². The van der Waals surface area contributed by atoms with E-state index in [0.717, 1.165) is 17.3 Å². The Kier molecular flexibility index (Phi) is 3.84. The number of aliphatic hydroxyl groups is 1. The molecule has 0 fully saturated rings. The van der Waals surface area contributed by atoms with Gasteiger partial charge in [0.1, 0.15) is 5.69 Å². The Bertz CT molecular complexity index is 548. The van der Waals surface area contributed by atoms with Crippen molar-refractivity contribution >= 4 is 22.5 Å². The van der Waals surface area contributed by atoms with E-state index < -0.39 is 0 Å². The van der Waals surface area contributed by atoms with E-state index in [1.165, 1.54) is 0 Å². The van der Waals surface area contributed by atoms with Crippen LogP contribution in [0.2, 0.25) is 0 Å². The van der Waals surface area contributed by atoms with Gasteiger partial charge < -0.3 is 21.1 Å². The number of carbonyl (C=O) groups is 1. The molecule has 1 amide bonds. The Hall–Kier alpha value is -2.01. The van der Waals surface area contributed by atoms with Crippen LogP contribution in [0, 0.1) is 0 Å². The summed E-state index contributed by atoms with van der Waals surface area (Å²) in [7, 11) is 0. The molecular formula is C13H17N3O2. The van der Waals surface area contributed by atoms with Crippen molar-refractivity contribution in [1.82, 2.24) is 10.3 Å². The van der Waals surface area contributed by atoms with Gasteiger partial charge >= 0.3 is 0 Å². The van der Waals surface area contributed by atoms with Gasteiger partial charge in [-0.3, -0.25) is 4.79 Å². The monoisotopic (exact) mass is 247 g/mol. The first-order chi connectivity index (χ1) is 8.72. The Labute approximate surface area is 105 Å². The van der Waals surface area contributed by atoms with Crippen molar-refractivity contribution in [3.05, 3.63) is 30.0 Å². The normalized spacial score (nSPS) is 10.7. The van der Waals surface area contributed by atoms with E-state index in [1.54, 1.807) is 12.1 Å². The third kappa shape index (κ3) is 2.62. The number of nitrogen functional groups attached to an aromatic ring is 1. The molecule has 0 spiro atoms. The Morgan fingerprint density at radius 3 is 2.94 bits per heavy atom. The second kappa shape index (κ2) is 5.55. The molecule has 5 nitrogen and oxygen atoms in total. The zero-order valence-corrected chi connectivity index (χ0v) is 10.1. The Balaban J connectivity index is 2.06. The van der Waals surface area contributed by atoms with Crippen LogP contribution in [0.15, 0.2) is 24.3 Å². The third-order valence-corrected chi connectivity index (χ3v) is 2.80. The minimum absolute atomic E-state index is 0.150. The van der Waals surface area contributed by atoms with Gasteiger partial charge in [-0.05, 0) is 25.0 Å². The number of benzene rings is 1. The first kappa shape index (κ1) is 12.4. The van der Waals surface area contributed by atoms with Crippen LogP contribution in [0.1, 0.15) is 23.3 Å². The highest BCUT2D eigenvalue weighted by molar-refractivity contribution is 6.00. The number of carbonyl (C=O) groups excluding carboxylic acids is 1. The third-order valence-electron chi connectivity index (χ3n) is 2.80. The van der Waals surface area contributed by atoms with Gasteiger partial charge in [0.25, 0.3) is 5.91 Å². The number of nitrogens with one attached hydrogen (secondary N) is 2. The molecule has 2 rings (SSSR count). The topological polar surface area (TPSA) is 91.1 Å². The molecule has 1 heterocycles. The van der Waals surface area contributed by atoms with Crippen molar-refractivity contribution in [3.8, 4) is 0 Å². The highest BCUT2D eigenvalue weighted by Gasteiger charge is 2.09. The molecule has 1 aromatic heterocycles. The number of rotatable bonds is 5. The Morgan fingerprint density at radius 1 is 1.39 bits per heavy atom. The fraction of sp³-hybridized carbons (Fsp3) is 0.308. The van der Waals surface area contributed by atoms with Crippen molar-refractivity contribution in [1.29, 1.82) is 0 Å². The number of aromatic amines is 1. The standard InChI is InChI=1S/C13H17N3O2/c14-10-5-3-4-9-8-11(16-12(9)10)13(18)15-6-1-2-7-17/h3-5,8,16-17H,1-2,6-7,14H2,(H,15,18). The minimum atomic E-state index is -0.150. The molecule has 0 aliphatic heterocycles. The van der Waals surface area contributed by atoms with Gasteiger partial charge in [0.2, 0.25) is 0 Å². The van der Waals surface area contributed by atoms with Crippen LogP contribution >= 0.6 is 0 Å². The molecular weight excluding hydrogens is 230 g/mol. The number of aliphatic hydroxyl groups excluding tert-OH is 1. The summed E-state index contributed by atoms with van der Waals surface area (Å²) in [5.74, 6) is -0.150. The number of nitrogens with two attached hydrogens (primary N) is 1. The SMILES string of the molecule is Nc1cccc2cc(C(=O)NCCCCO)[nH]c12. The summed E-state index contributed by atoms with van der Waals surface area (Å²) in [4.78, 5) is 14.9. The fourth-order valence-electron chi connectivity index (χ4n) is 1.84. The predicted octanol–water partition coefficient (Wildman–Crippen LogP) is 1.25. The maximum Gasteiger partial charge on any atom is 0.267 e. The van der Waals surface area contributed by atoms with Crippen molar-refractivity contribution < 1.29 is 9.90 Å². The first-order valence-electron chi connectivity index (χ1n) is 5.98. The summed E-state index contributed by atoms with van der Waals surface area (Å²) in [6.07, 6.45) is 1.46. The zero-order valence-electron chi connectivity index (χ0n) is 10.1. The number of amides is 1. The molecule has 0 atom stereocenters. The van der Waals surface area contributed by atoms with Crippen LogP contribution in [0.25, 0.3) is 10.9 Å². The molecule has 0 saturated heterocycles. The summed E-state index contributed by atoms with van der Waals surface area (Å²) in [5.41, 5.74) is 7.75. The van der Waals surface area contributed by atoms with Gasteiger partial charge in [-0.2, -0.15) is 0 Å². The maximum absolute atomic E-state index is 11.8. The quantitative estimate of drug-likeness (QED) is 0.473. The molecule has 0 radical (unpaired) electrons. The molecule has 5 N–H and O–H groups in total. The molecule has 0 aliphatic rings. The van der Waals surface area contributed by atoms with Gasteiger partial charge in [-0.15, -0.1) is 0 Å². The number of para-hydroxylation sites is 1. The lowest BCUT2D eigenvalue weighted by Gasteiger charge is -2.02. The van der Waals surface area contributed by atoms with Crippen molar-refractivity contribution in [2.75, 3.05) is 18.9 Å². The van der Waals surface area contributed by atoms with E-state index in [-0.39, 0.29) is 12.5 Å². The molecule has 0 unspecified atom stereocenters. The van der Waals surface area contributed by atoms with Crippen molar-refractivity contribution in [2.45, 2.75) is 12.8 Å². The first-order valence-corrected chi connectivity index (χ1v) is 5.98.